The minimum absolute atomic E-state index is 1.06. The highest BCUT2D eigenvalue weighted by atomic mass is 79.9. The number of aryl methyl sites for hydroxylation is 2. The Balaban J connectivity index is 2.75. The third-order valence-corrected chi connectivity index (χ3v) is 2.92. The summed E-state index contributed by atoms with van der Waals surface area (Å²) in [5, 5.41) is 1.28. The first-order valence-electron chi connectivity index (χ1n) is 4.48. The smallest absolute Gasteiger partial charge is 0.0470 e. The summed E-state index contributed by atoms with van der Waals surface area (Å²) in [5.74, 6) is 0. The van der Waals surface area contributed by atoms with Gasteiger partial charge in [0, 0.05) is 21.1 Å². The second-order valence-corrected chi connectivity index (χ2v) is 4.21. The highest BCUT2D eigenvalue weighted by molar-refractivity contribution is 9.10. The first-order valence-corrected chi connectivity index (χ1v) is 5.27. The van der Waals surface area contributed by atoms with Gasteiger partial charge in [-0.25, -0.2) is 0 Å². The molecule has 0 aliphatic carbocycles. The molecule has 68 valence electrons. The number of halogens is 1. The van der Waals surface area contributed by atoms with Gasteiger partial charge in [-0.3, -0.25) is 0 Å². The maximum absolute atomic E-state index is 3.57. The quantitative estimate of drug-likeness (QED) is 0.777. The van der Waals surface area contributed by atoms with Crippen LogP contribution in [-0.4, -0.2) is 4.98 Å². The Bertz CT molecular complexity index is 443. The van der Waals surface area contributed by atoms with Gasteiger partial charge in [0.2, 0.25) is 0 Å². The molecule has 0 aliphatic heterocycles. The van der Waals surface area contributed by atoms with E-state index in [1.807, 2.05) is 0 Å². The molecule has 1 heterocycles. The third-order valence-electron chi connectivity index (χ3n) is 2.27. The number of fused-ring (bicyclic) bond motifs is 1. The molecular weight excluding hydrogens is 226 g/mol. The van der Waals surface area contributed by atoms with Gasteiger partial charge >= 0.3 is 0 Å². The topological polar surface area (TPSA) is 15.8 Å². The van der Waals surface area contributed by atoms with Gasteiger partial charge in [0.1, 0.15) is 0 Å². The fraction of sp³-hybridized carbons (Fsp3) is 0.273. The van der Waals surface area contributed by atoms with Gasteiger partial charge in [-0.2, -0.15) is 0 Å². The Morgan fingerprint density at radius 1 is 1.31 bits per heavy atom. The van der Waals surface area contributed by atoms with Crippen LogP contribution in [0.1, 0.15) is 18.2 Å². The molecule has 2 rings (SSSR count). The molecule has 0 spiro atoms. The molecule has 0 amide bonds. The van der Waals surface area contributed by atoms with Crippen LogP contribution in [0.25, 0.3) is 10.9 Å². The zero-order chi connectivity index (χ0) is 9.42. The van der Waals surface area contributed by atoms with Crippen molar-refractivity contribution in [2.24, 2.45) is 0 Å². The van der Waals surface area contributed by atoms with E-state index in [-0.39, 0.29) is 0 Å². The summed E-state index contributed by atoms with van der Waals surface area (Å²) in [6.45, 7) is 4.27. The Hall–Kier alpha value is -0.760. The summed E-state index contributed by atoms with van der Waals surface area (Å²) in [6, 6.07) is 6.54. The molecule has 0 bridgehead atoms. The van der Waals surface area contributed by atoms with Crippen LogP contribution in [0.4, 0.5) is 0 Å². The lowest BCUT2D eigenvalue weighted by Gasteiger charge is -1.96. The van der Waals surface area contributed by atoms with Crippen LogP contribution in [0.5, 0.6) is 0 Å². The minimum atomic E-state index is 1.06. The van der Waals surface area contributed by atoms with Crippen molar-refractivity contribution in [2.75, 3.05) is 0 Å². The van der Waals surface area contributed by atoms with Crippen molar-refractivity contribution in [3.63, 3.8) is 0 Å². The van der Waals surface area contributed by atoms with E-state index in [2.05, 4.69) is 53.0 Å². The lowest BCUT2D eigenvalue weighted by atomic mass is 10.2. The fourth-order valence-electron chi connectivity index (χ4n) is 1.58. The van der Waals surface area contributed by atoms with Gasteiger partial charge in [0.15, 0.2) is 0 Å². The number of H-pyrrole nitrogens is 1. The summed E-state index contributed by atoms with van der Waals surface area (Å²) in [4.78, 5) is 3.40. The third kappa shape index (κ3) is 1.51. The summed E-state index contributed by atoms with van der Waals surface area (Å²) >= 11 is 3.57. The van der Waals surface area contributed by atoms with Crippen molar-refractivity contribution >= 4 is 26.8 Å². The Morgan fingerprint density at radius 3 is 2.77 bits per heavy atom. The summed E-state index contributed by atoms with van der Waals surface area (Å²) < 4.78 is 1.18. The van der Waals surface area contributed by atoms with E-state index in [1.54, 1.807) is 0 Å². The van der Waals surface area contributed by atoms with Crippen molar-refractivity contribution in [1.82, 2.24) is 4.98 Å². The van der Waals surface area contributed by atoms with E-state index in [1.165, 1.54) is 26.6 Å². The van der Waals surface area contributed by atoms with Gasteiger partial charge < -0.3 is 4.98 Å². The number of hydrogen-bond acceptors (Lipinski definition) is 0. The average Bonchev–Trinajstić information content (AvgIpc) is 2.47. The largest absolute Gasteiger partial charge is 0.358 e. The van der Waals surface area contributed by atoms with Crippen LogP contribution in [0.15, 0.2) is 22.7 Å². The second kappa shape index (κ2) is 3.18. The average molecular weight is 238 g/mol. The van der Waals surface area contributed by atoms with Crippen LogP contribution in [0, 0.1) is 6.92 Å². The predicted octanol–water partition coefficient (Wildman–Crippen LogP) is 3.80. The molecule has 0 fully saturated rings. The van der Waals surface area contributed by atoms with Crippen molar-refractivity contribution in [1.29, 1.82) is 0 Å². The first kappa shape index (κ1) is 8.82. The molecule has 1 nitrogen and oxygen atoms in total. The zero-order valence-corrected chi connectivity index (χ0v) is 9.40. The molecular formula is C11H12BrN. The minimum Gasteiger partial charge on any atom is -0.358 e. The molecule has 2 aromatic rings. The van der Waals surface area contributed by atoms with Crippen LogP contribution in [0.2, 0.25) is 0 Å². The Kier molecular flexibility index (Phi) is 2.16. The molecule has 0 saturated carbocycles. The maximum Gasteiger partial charge on any atom is 0.0470 e. The van der Waals surface area contributed by atoms with E-state index in [0.717, 1.165) is 6.42 Å². The molecule has 1 N–H and O–H groups in total. The summed E-state index contributed by atoms with van der Waals surface area (Å²) in [6.07, 6.45) is 1.06. The zero-order valence-electron chi connectivity index (χ0n) is 7.82. The molecule has 13 heavy (non-hydrogen) atoms. The second-order valence-electron chi connectivity index (χ2n) is 3.36. The molecule has 0 saturated heterocycles. The first-order chi connectivity index (χ1) is 6.20. The van der Waals surface area contributed by atoms with Crippen molar-refractivity contribution in [3.8, 4) is 0 Å². The van der Waals surface area contributed by atoms with Crippen molar-refractivity contribution < 1.29 is 0 Å². The van der Waals surface area contributed by atoms with Gasteiger partial charge in [0.25, 0.3) is 0 Å². The Morgan fingerprint density at radius 2 is 2.08 bits per heavy atom. The van der Waals surface area contributed by atoms with E-state index < -0.39 is 0 Å². The van der Waals surface area contributed by atoms with Gasteiger partial charge in [-0.1, -0.05) is 22.9 Å². The SMILES string of the molecule is CCc1cc2c(Br)cc(C)cc2[nH]1. The molecule has 1 aromatic heterocycles. The van der Waals surface area contributed by atoms with Crippen molar-refractivity contribution in [3.05, 3.63) is 33.9 Å². The van der Waals surface area contributed by atoms with Gasteiger partial charge in [-0.15, -0.1) is 0 Å². The number of aromatic amines is 1. The lowest BCUT2D eigenvalue weighted by Crippen LogP contribution is -1.76. The summed E-state index contributed by atoms with van der Waals surface area (Å²) in [7, 11) is 0. The fourth-order valence-corrected chi connectivity index (χ4v) is 2.27. The molecule has 0 unspecified atom stereocenters. The number of rotatable bonds is 1. The molecule has 1 aromatic carbocycles. The lowest BCUT2D eigenvalue weighted by molar-refractivity contribution is 1.07. The molecule has 2 heteroatoms. The van der Waals surface area contributed by atoms with Crippen LogP contribution < -0.4 is 0 Å². The Labute approximate surface area is 86.3 Å². The van der Waals surface area contributed by atoms with Crippen LogP contribution in [0.3, 0.4) is 0 Å². The molecule has 0 aliphatic rings. The van der Waals surface area contributed by atoms with E-state index >= 15 is 0 Å². The van der Waals surface area contributed by atoms with E-state index in [4.69, 9.17) is 0 Å². The standard InChI is InChI=1S/C11H12BrN/c1-3-8-6-9-10(12)4-7(2)5-11(9)13-8/h4-6,13H,3H2,1-2H3. The molecule has 0 radical (unpaired) electrons. The highest BCUT2D eigenvalue weighted by Crippen LogP contribution is 2.26. The van der Waals surface area contributed by atoms with Crippen molar-refractivity contribution in [2.45, 2.75) is 20.3 Å². The number of hydrogen-bond donors (Lipinski definition) is 1. The van der Waals surface area contributed by atoms with Gasteiger partial charge in [0.05, 0.1) is 0 Å². The molecule has 0 atom stereocenters. The van der Waals surface area contributed by atoms with Crippen LogP contribution in [-0.2, 0) is 6.42 Å². The maximum atomic E-state index is 3.57. The number of nitrogens with one attached hydrogen (secondary N) is 1. The van der Waals surface area contributed by atoms with Gasteiger partial charge in [-0.05, 0) is 37.1 Å². The van der Waals surface area contributed by atoms with E-state index in [9.17, 15) is 0 Å². The van der Waals surface area contributed by atoms with E-state index in [0.29, 0.717) is 0 Å². The normalized spacial score (nSPS) is 11.0. The van der Waals surface area contributed by atoms with Crippen LogP contribution >= 0.6 is 15.9 Å². The monoisotopic (exact) mass is 237 g/mol. The summed E-state index contributed by atoms with van der Waals surface area (Å²) in [5.41, 5.74) is 3.80. The number of aromatic nitrogens is 1. The number of benzene rings is 1. The highest BCUT2D eigenvalue weighted by Gasteiger charge is 2.03. The predicted molar refractivity (Wildman–Crippen MR) is 60.1 cm³/mol.